The zero-order chi connectivity index (χ0) is 12.3. The third-order valence-electron chi connectivity index (χ3n) is 3.07. The molecule has 1 heterocycles. The van der Waals surface area contributed by atoms with Crippen LogP contribution in [-0.2, 0) is 4.74 Å². The predicted molar refractivity (Wildman–Crippen MR) is 76.3 cm³/mol. The maximum absolute atomic E-state index is 6.17. The molecule has 1 saturated heterocycles. The molecule has 1 fully saturated rings. The molecule has 1 aliphatic rings. The van der Waals surface area contributed by atoms with Gasteiger partial charge in [0.1, 0.15) is 0 Å². The van der Waals surface area contributed by atoms with E-state index < -0.39 is 0 Å². The average molecular weight is 338 g/mol. The number of hydrogen-bond acceptors (Lipinski definition) is 1. The van der Waals surface area contributed by atoms with Crippen molar-refractivity contribution in [3.05, 3.63) is 33.8 Å². The number of halogens is 3. The minimum Gasteiger partial charge on any atom is -0.378 e. The fourth-order valence-corrected chi connectivity index (χ4v) is 3.45. The van der Waals surface area contributed by atoms with Crippen LogP contribution in [0.1, 0.15) is 36.1 Å². The summed E-state index contributed by atoms with van der Waals surface area (Å²) in [5.41, 5.74) is 1.11. The average Bonchev–Trinajstić information content (AvgIpc) is 2.78. The molecular formula is C13H15BrCl2O. The summed E-state index contributed by atoms with van der Waals surface area (Å²) >= 11 is 15.7. The predicted octanol–water partition coefficient (Wildman–Crippen LogP) is 5.39. The Bertz CT molecular complexity index is 378. The third-order valence-corrected chi connectivity index (χ3v) is 4.58. The zero-order valence-corrected chi connectivity index (χ0v) is 12.6. The highest BCUT2D eigenvalue weighted by atomic mass is 79.9. The molecule has 0 amide bonds. The Labute approximate surface area is 121 Å². The third kappa shape index (κ3) is 3.85. The molecule has 1 aliphatic heterocycles. The van der Waals surface area contributed by atoms with E-state index in [1.807, 2.05) is 12.1 Å². The summed E-state index contributed by atoms with van der Waals surface area (Å²) in [5, 5.41) is 1.41. The van der Waals surface area contributed by atoms with Crippen LogP contribution in [0.2, 0.25) is 10.0 Å². The Kier molecular flexibility index (Phi) is 5.16. The van der Waals surface area contributed by atoms with Gasteiger partial charge in [0.2, 0.25) is 0 Å². The van der Waals surface area contributed by atoms with Crippen molar-refractivity contribution in [3.63, 3.8) is 0 Å². The topological polar surface area (TPSA) is 9.23 Å². The van der Waals surface area contributed by atoms with Gasteiger partial charge in [0.15, 0.2) is 0 Å². The monoisotopic (exact) mass is 336 g/mol. The lowest BCUT2D eigenvalue weighted by Crippen LogP contribution is -2.06. The van der Waals surface area contributed by atoms with Gasteiger partial charge >= 0.3 is 0 Å². The normalized spacial score (nSPS) is 21.7. The lowest BCUT2D eigenvalue weighted by molar-refractivity contribution is 0.102. The van der Waals surface area contributed by atoms with E-state index in [4.69, 9.17) is 27.9 Å². The molecule has 2 rings (SSSR count). The second-order valence-electron chi connectivity index (χ2n) is 4.35. The largest absolute Gasteiger partial charge is 0.378 e. The van der Waals surface area contributed by atoms with Crippen LogP contribution < -0.4 is 0 Å². The SMILES string of the molecule is Clc1ccc(C(Br)CCC2CCCO2)c(Cl)c1. The van der Waals surface area contributed by atoms with Gasteiger partial charge in [-0.1, -0.05) is 45.2 Å². The van der Waals surface area contributed by atoms with Crippen molar-refractivity contribution in [2.45, 2.75) is 36.6 Å². The molecule has 94 valence electrons. The summed E-state index contributed by atoms with van der Waals surface area (Å²) < 4.78 is 5.61. The van der Waals surface area contributed by atoms with Crippen LogP contribution in [0, 0.1) is 0 Å². The van der Waals surface area contributed by atoms with Gasteiger partial charge in [-0.3, -0.25) is 0 Å². The van der Waals surface area contributed by atoms with Gasteiger partial charge in [-0.05, 0) is 43.4 Å². The van der Waals surface area contributed by atoms with Gasteiger partial charge in [-0.25, -0.2) is 0 Å². The van der Waals surface area contributed by atoms with Gasteiger partial charge in [-0.2, -0.15) is 0 Å². The number of hydrogen-bond donors (Lipinski definition) is 0. The van der Waals surface area contributed by atoms with E-state index in [1.54, 1.807) is 6.07 Å². The zero-order valence-electron chi connectivity index (χ0n) is 9.46. The quantitative estimate of drug-likeness (QED) is 0.669. The van der Waals surface area contributed by atoms with Crippen LogP contribution in [0.5, 0.6) is 0 Å². The number of rotatable bonds is 4. The molecule has 0 N–H and O–H groups in total. The van der Waals surface area contributed by atoms with Crippen LogP contribution >= 0.6 is 39.1 Å². The van der Waals surface area contributed by atoms with E-state index in [-0.39, 0.29) is 4.83 Å². The van der Waals surface area contributed by atoms with E-state index >= 15 is 0 Å². The molecule has 2 unspecified atom stereocenters. The molecule has 1 aromatic rings. The molecule has 17 heavy (non-hydrogen) atoms. The first-order valence-corrected chi connectivity index (χ1v) is 7.54. The first-order valence-electron chi connectivity index (χ1n) is 5.87. The molecular weight excluding hydrogens is 323 g/mol. The Balaban J connectivity index is 1.91. The molecule has 4 heteroatoms. The Morgan fingerprint density at radius 1 is 1.41 bits per heavy atom. The van der Waals surface area contributed by atoms with E-state index in [2.05, 4.69) is 15.9 Å². The van der Waals surface area contributed by atoms with Gasteiger partial charge in [0, 0.05) is 21.5 Å². The van der Waals surface area contributed by atoms with Gasteiger partial charge in [-0.15, -0.1) is 0 Å². The summed E-state index contributed by atoms with van der Waals surface area (Å²) in [5.74, 6) is 0. The summed E-state index contributed by atoms with van der Waals surface area (Å²) in [4.78, 5) is 0.275. The van der Waals surface area contributed by atoms with Crippen LogP contribution in [0.3, 0.4) is 0 Å². The fraction of sp³-hybridized carbons (Fsp3) is 0.538. The second kappa shape index (κ2) is 6.42. The van der Waals surface area contributed by atoms with Crippen LogP contribution in [0.25, 0.3) is 0 Å². The van der Waals surface area contributed by atoms with Crippen LogP contribution in [0.15, 0.2) is 18.2 Å². The highest BCUT2D eigenvalue weighted by molar-refractivity contribution is 9.09. The maximum Gasteiger partial charge on any atom is 0.0576 e. The summed E-state index contributed by atoms with van der Waals surface area (Å²) in [6.45, 7) is 0.916. The number of alkyl halides is 1. The summed E-state index contributed by atoms with van der Waals surface area (Å²) in [7, 11) is 0. The molecule has 0 aromatic heterocycles. The lowest BCUT2D eigenvalue weighted by Gasteiger charge is -2.15. The first kappa shape index (κ1) is 13.7. The molecule has 0 aliphatic carbocycles. The highest BCUT2D eigenvalue weighted by Crippen LogP contribution is 2.35. The van der Waals surface area contributed by atoms with Crippen molar-refractivity contribution in [1.29, 1.82) is 0 Å². The van der Waals surface area contributed by atoms with Crippen molar-refractivity contribution in [1.82, 2.24) is 0 Å². The standard InChI is InChI=1S/C13H15BrCl2O/c14-12(6-4-10-2-1-7-17-10)11-5-3-9(15)8-13(11)16/h3,5,8,10,12H,1-2,4,6-7H2. The molecule has 0 bridgehead atoms. The number of ether oxygens (including phenoxy) is 1. The fourth-order valence-electron chi connectivity index (χ4n) is 2.12. The van der Waals surface area contributed by atoms with Gasteiger partial charge < -0.3 is 4.74 Å². The van der Waals surface area contributed by atoms with E-state index in [0.29, 0.717) is 11.1 Å². The van der Waals surface area contributed by atoms with E-state index in [0.717, 1.165) is 30.0 Å². The van der Waals surface area contributed by atoms with Crippen molar-refractivity contribution >= 4 is 39.1 Å². The highest BCUT2D eigenvalue weighted by Gasteiger charge is 2.18. The first-order chi connectivity index (χ1) is 8.16. The smallest absolute Gasteiger partial charge is 0.0576 e. The van der Waals surface area contributed by atoms with Crippen molar-refractivity contribution in [3.8, 4) is 0 Å². The van der Waals surface area contributed by atoms with E-state index in [9.17, 15) is 0 Å². The van der Waals surface area contributed by atoms with Crippen molar-refractivity contribution in [2.75, 3.05) is 6.61 Å². The van der Waals surface area contributed by atoms with Gasteiger partial charge in [0.25, 0.3) is 0 Å². The molecule has 0 spiro atoms. The van der Waals surface area contributed by atoms with E-state index in [1.165, 1.54) is 12.8 Å². The summed E-state index contributed by atoms with van der Waals surface area (Å²) in [6, 6.07) is 5.65. The minimum atomic E-state index is 0.275. The van der Waals surface area contributed by atoms with Crippen molar-refractivity contribution < 1.29 is 4.74 Å². The molecule has 0 radical (unpaired) electrons. The molecule has 1 nitrogen and oxygen atoms in total. The van der Waals surface area contributed by atoms with Crippen LogP contribution in [0.4, 0.5) is 0 Å². The van der Waals surface area contributed by atoms with Gasteiger partial charge in [0.05, 0.1) is 6.10 Å². The Hall–Kier alpha value is 0.240. The Morgan fingerprint density at radius 3 is 2.88 bits per heavy atom. The molecule has 1 aromatic carbocycles. The maximum atomic E-state index is 6.17. The molecule has 0 saturated carbocycles. The second-order valence-corrected chi connectivity index (χ2v) is 6.29. The lowest BCUT2D eigenvalue weighted by atomic mass is 10.0. The van der Waals surface area contributed by atoms with Crippen molar-refractivity contribution in [2.24, 2.45) is 0 Å². The minimum absolute atomic E-state index is 0.275. The van der Waals surface area contributed by atoms with Crippen LogP contribution in [-0.4, -0.2) is 12.7 Å². The summed E-state index contributed by atoms with van der Waals surface area (Å²) in [6.07, 6.45) is 4.93. The molecule has 2 atom stereocenters. The number of benzene rings is 1. The Morgan fingerprint density at radius 2 is 2.24 bits per heavy atom.